The van der Waals surface area contributed by atoms with Crippen molar-refractivity contribution in [3.63, 3.8) is 0 Å². The molecule has 8 nitrogen and oxygen atoms in total. The highest BCUT2D eigenvalue weighted by Crippen LogP contribution is 2.72. The third kappa shape index (κ3) is 4.32. The number of aliphatic hydroxyl groups excluding tert-OH is 1. The number of Topliss-reactive ketones (excluding diaryl/α,β-unsaturated/α-hetero) is 1. The number of para-hydroxylation sites is 1. The number of esters is 2. The molecule has 1 N–H and O–H groups in total. The summed E-state index contributed by atoms with van der Waals surface area (Å²) in [6.45, 7) is 10.5. The van der Waals surface area contributed by atoms with Crippen LogP contribution in [0.1, 0.15) is 90.0 Å². The van der Waals surface area contributed by atoms with Gasteiger partial charge in [-0.3, -0.25) is 14.4 Å². The molecule has 0 amide bonds. The maximum absolute atomic E-state index is 18.3. The molecule has 0 radical (unpaired) electrons. The van der Waals surface area contributed by atoms with Gasteiger partial charge >= 0.3 is 11.9 Å². The lowest BCUT2D eigenvalue weighted by atomic mass is 9.43. The number of ether oxygens (including phenoxy) is 2. The van der Waals surface area contributed by atoms with Crippen LogP contribution in [-0.2, 0) is 30.3 Å². The Kier molecular flexibility index (Phi) is 7.66. The number of nitrogens with zero attached hydrogens (tertiary/aromatic N) is 2. The number of carbonyl (C=O) groups is 3. The van der Waals surface area contributed by atoms with Crippen LogP contribution in [0.15, 0.2) is 36.0 Å². The van der Waals surface area contributed by atoms with Gasteiger partial charge in [0, 0.05) is 41.7 Å². The van der Waals surface area contributed by atoms with E-state index in [9.17, 15) is 19.5 Å². The van der Waals surface area contributed by atoms with Crippen LogP contribution < -0.4 is 0 Å². The molecular formula is C36H45FN2O6. The molecule has 9 heteroatoms. The minimum atomic E-state index is -1.98. The fourth-order valence-corrected chi connectivity index (χ4v) is 9.79. The standard InChI is InChI=1S/C36H45FN2O6/c1-7-31(42)44-20-30(41)36(45-32(43)8-2)22(4)15-26-25-14-13-24-16-27-23(19-39(38-27)28-12-10-9-11-21(28)3)17-33(24,5)35(25,37)29(40)18-34(26,36)6/h9-12,16,19,22,25-26,29,40H,7-8,13-15,17-18,20H2,1-6H3/t22-,25-,26-,29-,33-,34-,35-,36+/m0/s1. The summed E-state index contributed by atoms with van der Waals surface area (Å²) in [6.07, 6.45) is 4.66. The van der Waals surface area contributed by atoms with E-state index in [4.69, 9.17) is 14.6 Å². The third-order valence-corrected chi connectivity index (χ3v) is 12.0. The molecule has 1 aromatic heterocycles. The average molecular weight is 621 g/mol. The number of hydrogen-bond donors (Lipinski definition) is 1. The zero-order chi connectivity index (χ0) is 32.5. The number of aromatic nitrogens is 2. The number of rotatable bonds is 7. The second-order valence-corrected chi connectivity index (χ2v) is 14.2. The summed E-state index contributed by atoms with van der Waals surface area (Å²) in [6, 6.07) is 8.00. The Bertz CT molecular complexity index is 1580. The molecule has 0 saturated heterocycles. The fourth-order valence-electron chi connectivity index (χ4n) is 9.79. The molecular weight excluding hydrogens is 575 g/mol. The Hall–Kier alpha value is -3.33. The average Bonchev–Trinajstić information content (AvgIpc) is 3.50. The Morgan fingerprint density at radius 2 is 1.82 bits per heavy atom. The van der Waals surface area contributed by atoms with Gasteiger partial charge in [-0.2, -0.15) is 5.10 Å². The van der Waals surface area contributed by atoms with Crippen molar-refractivity contribution < 1.29 is 33.4 Å². The Morgan fingerprint density at radius 3 is 2.51 bits per heavy atom. The summed E-state index contributed by atoms with van der Waals surface area (Å²) < 4.78 is 31.5. The van der Waals surface area contributed by atoms with Gasteiger partial charge in [0.05, 0.1) is 17.5 Å². The number of fused-ring (bicyclic) bond motifs is 6. The van der Waals surface area contributed by atoms with Crippen LogP contribution in [0.3, 0.4) is 0 Å². The lowest BCUT2D eigenvalue weighted by Gasteiger charge is -2.63. The summed E-state index contributed by atoms with van der Waals surface area (Å²) in [5.41, 5.74) is -0.914. The van der Waals surface area contributed by atoms with Gasteiger partial charge in [-0.1, -0.05) is 58.4 Å². The van der Waals surface area contributed by atoms with Gasteiger partial charge < -0.3 is 14.6 Å². The normalized spacial score (nSPS) is 36.6. The molecule has 1 heterocycles. The van der Waals surface area contributed by atoms with Crippen molar-refractivity contribution in [1.82, 2.24) is 9.78 Å². The molecule has 3 saturated carbocycles. The Morgan fingerprint density at radius 1 is 1.11 bits per heavy atom. The first-order valence-corrected chi connectivity index (χ1v) is 16.4. The first-order chi connectivity index (χ1) is 21.3. The van der Waals surface area contributed by atoms with Crippen LogP contribution in [0, 0.1) is 35.5 Å². The highest BCUT2D eigenvalue weighted by molar-refractivity contribution is 5.93. The van der Waals surface area contributed by atoms with E-state index in [1.54, 1.807) is 13.8 Å². The Labute approximate surface area is 264 Å². The summed E-state index contributed by atoms with van der Waals surface area (Å²) >= 11 is 0. The second kappa shape index (κ2) is 10.9. The lowest BCUT2D eigenvalue weighted by molar-refractivity contribution is -0.234. The summed E-state index contributed by atoms with van der Waals surface area (Å²) in [5, 5.41) is 16.9. The molecule has 0 unspecified atom stereocenters. The minimum absolute atomic E-state index is 0.0566. The first-order valence-electron chi connectivity index (χ1n) is 16.4. The van der Waals surface area contributed by atoms with E-state index in [0.717, 1.165) is 28.1 Å². The zero-order valence-corrected chi connectivity index (χ0v) is 27.2. The van der Waals surface area contributed by atoms with E-state index in [1.165, 1.54) is 0 Å². The van der Waals surface area contributed by atoms with E-state index in [2.05, 4.69) is 0 Å². The molecule has 4 aliphatic rings. The predicted octanol–water partition coefficient (Wildman–Crippen LogP) is 5.89. The van der Waals surface area contributed by atoms with Crippen LogP contribution in [-0.4, -0.2) is 56.6 Å². The van der Waals surface area contributed by atoms with E-state index in [0.29, 0.717) is 25.7 Å². The van der Waals surface area contributed by atoms with E-state index >= 15 is 4.39 Å². The van der Waals surface area contributed by atoms with Gasteiger partial charge in [0.2, 0.25) is 5.78 Å². The van der Waals surface area contributed by atoms with Crippen molar-refractivity contribution in [2.24, 2.45) is 28.6 Å². The molecule has 2 aromatic rings. The number of hydrogen-bond acceptors (Lipinski definition) is 7. The highest BCUT2D eigenvalue weighted by Gasteiger charge is 2.77. The van der Waals surface area contributed by atoms with E-state index < -0.39 is 64.4 Å². The zero-order valence-electron chi connectivity index (χ0n) is 27.2. The number of carbonyl (C=O) groups excluding carboxylic acids is 3. The van der Waals surface area contributed by atoms with Crippen molar-refractivity contribution >= 4 is 23.8 Å². The number of benzene rings is 1. The summed E-state index contributed by atoms with van der Waals surface area (Å²) in [5.74, 6) is -2.95. The number of aliphatic hydroxyl groups is 1. The van der Waals surface area contributed by atoms with Gasteiger partial charge in [-0.05, 0) is 68.2 Å². The van der Waals surface area contributed by atoms with E-state index in [-0.39, 0.29) is 25.2 Å². The molecule has 0 aliphatic heterocycles. The molecule has 0 bridgehead atoms. The van der Waals surface area contributed by atoms with Crippen LogP contribution in [0.4, 0.5) is 4.39 Å². The van der Waals surface area contributed by atoms with Crippen LogP contribution in [0.25, 0.3) is 11.8 Å². The lowest BCUT2D eigenvalue weighted by Crippen LogP contribution is -2.70. The van der Waals surface area contributed by atoms with Crippen LogP contribution in [0.5, 0.6) is 0 Å². The number of aryl methyl sites for hydroxylation is 1. The molecule has 3 fully saturated rings. The minimum Gasteiger partial charge on any atom is -0.457 e. The molecule has 6 rings (SSSR count). The maximum atomic E-state index is 18.3. The summed E-state index contributed by atoms with van der Waals surface area (Å²) in [4.78, 5) is 39.0. The van der Waals surface area contributed by atoms with Crippen molar-refractivity contribution in [3.05, 3.63) is 52.9 Å². The maximum Gasteiger partial charge on any atom is 0.306 e. The third-order valence-electron chi connectivity index (χ3n) is 12.0. The topological polar surface area (TPSA) is 108 Å². The quantitative estimate of drug-likeness (QED) is 0.385. The molecule has 1 aromatic carbocycles. The smallest absolute Gasteiger partial charge is 0.306 e. The van der Waals surface area contributed by atoms with Gasteiger partial charge in [0.25, 0.3) is 0 Å². The van der Waals surface area contributed by atoms with Gasteiger partial charge in [0.15, 0.2) is 12.2 Å². The molecule has 4 aliphatic carbocycles. The van der Waals surface area contributed by atoms with Gasteiger partial charge in [-0.25, -0.2) is 9.07 Å². The fraction of sp³-hybridized carbons (Fsp3) is 0.611. The van der Waals surface area contributed by atoms with Crippen molar-refractivity contribution in [2.45, 2.75) is 104 Å². The molecule has 0 spiro atoms. The number of halogens is 1. The van der Waals surface area contributed by atoms with Crippen molar-refractivity contribution in [3.8, 4) is 5.69 Å². The van der Waals surface area contributed by atoms with Crippen molar-refractivity contribution in [1.29, 1.82) is 0 Å². The number of ketones is 1. The SMILES string of the molecule is CCC(=O)OCC(=O)[C@]1(OC(=O)CC)[C@@H](C)C[C@H]2[C@@H]3CCC4=Cc5nn(-c6ccccc6C)cc5C[C@]4(C)[C@@]3(F)[C@@H](O)C[C@@]21C. The van der Waals surface area contributed by atoms with Crippen LogP contribution in [0.2, 0.25) is 0 Å². The summed E-state index contributed by atoms with van der Waals surface area (Å²) in [7, 11) is 0. The number of alkyl halides is 1. The second-order valence-electron chi connectivity index (χ2n) is 14.2. The highest BCUT2D eigenvalue weighted by atomic mass is 19.1. The van der Waals surface area contributed by atoms with Gasteiger partial charge in [0.1, 0.15) is 5.67 Å². The van der Waals surface area contributed by atoms with E-state index in [1.807, 2.05) is 68.9 Å². The van der Waals surface area contributed by atoms with Gasteiger partial charge in [-0.15, -0.1) is 0 Å². The molecule has 8 atom stereocenters. The molecule has 242 valence electrons. The number of allylic oxidation sites excluding steroid dienone is 1. The largest absolute Gasteiger partial charge is 0.457 e. The van der Waals surface area contributed by atoms with Crippen LogP contribution >= 0.6 is 0 Å². The Balaban J connectivity index is 1.39. The molecule has 45 heavy (non-hydrogen) atoms. The predicted molar refractivity (Wildman–Crippen MR) is 166 cm³/mol. The van der Waals surface area contributed by atoms with Crippen molar-refractivity contribution in [2.75, 3.05) is 6.61 Å². The first kappa shape index (κ1) is 31.6. The monoisotopic (exact) mass is 620 g/mol.